The molecule has 0 amide bonds. The summed E-state index contributed by atoms with van der Waals surface area (Å²) in [4.78, 5) is 8.56. The maximum absolute atomic E-state index is 4.36. The molecular formula is C9H9BrN4S. The Morgan fingerprint density at radius 1 is 1.27 bits per heavy atom. The van der Waals surface area contributed by atoms with Gasteiger partial charge in [-0.05, 0) is 41.9 Å². The topological polar surface area (TPSA) is 50.7 Å². The molecule has 0 saturated heterocycles. The van der Waals surface area contributed by atoms with Crippen molar-refractivity contribution >= 4 is 38.4 Å². The highest BCUT2D eigenvalue weighted by atomic mass is 79.9. The molecule has 0 saturated carbocycles. The summed E-state index contributed by atoms with van der Waals surface area (Å²) in [6, 6.07) is 3.85. The van der Waals surface area contributed by atoms with Crippen molar-refractivity contribution in [2.24, 2.45) is 0 Å². The van der Waals surface area contributed by atoms with Crippen LogP contribution in [0.2, 0.25) is 0 Å². The van der Waals surface area contributed by atoms with E-state index in [2.05, 4.69) is 35.6 Å². The summed E-state index contributed by atoms with van der Waals surface area (Å²) < 4.78 is 5.09. The summed E-state index contributed by atoms with van der Waals surface area (Å²) in [6.07, 6.45) is 0. The first-order valence-electron chi connectivity index (χ1n) is 4.35. The van der Waals surface area contributed by atoms with E-state index in [-0.39, 0.29) is 0 Å². The number of halogens is 1. The molecule has 0 atom stereocenters. The second-order valence-corrected chi connectivity index (χ2v) is 4.64. The van der Waals surface area contributed by atoms with E-state index in [0.717, 1.165) is 26.9 Å². The van der Waals surface area contributed by atoms with Gasteiger partial charge >= 0.3 is 0 Å². The molecule has 2 aromatic rings. The fourth-order valence-corrected chi connectivity index (χ4v) is 1.87. The predicted octanol–water partition coefficient (Wildman–Crippen LogP) is 3.06. The zero-order chi connectivity index (χ0) is 10.8. The van der Waals surface area contributed by atoms with Gasteiger partial charge in [0.05, 0.1) is 5.69 Å². The summed E-state index contributed by atoms with van der Waals surface area (Å²) in [5.74, 6) is 1.56. The van der Waals surface area contributed by atoms with E-state index in [4.69, 9.17) is 0 Å². The molecule has 0 aliphatic carbocycles. The fourth-order valence-electron chi connectivity index (χ4n) is 1.07. The van der Waals surface area contributed by atoms with Crippen LogP contribution in [0.1, 0.15) is 11.5 Å². The Morgan fingerprint density at radius 2 is 2.07 bits per heavy atom. The number of aromatic nitrogens is 3. The number of hydrogen-bond donors (Lipinski definition) is 1. The van der Waals surface area contributed by atoms with E-state index < -0.39 is 0 Å². The molecule has 78 valence electrons. The van der Waals surface area contributed by atoms with Crippen LogP contribution in [0.15, 0.2) is 16.6 Å². The molecular weight excluding hydrogens is 276 g/mol. The Balaban J connectivity index is 2.21. The highest BCUT2D eigenvalue weighted by Crippen LogP contribution is 2.20. The van der Waals surface area contributed by atoms with Crippen LogP contribution in [0.5, 0.6) is 0 Å². The van der Waals surface area contributed by atoms with Crippen molar-refractivity contribution in [2.75, 3.05) is 5.32 Å². The normalized spacial score (nSPS) is 10.3. The van der Waals surface area contributed by atoms with Crippen molar-refractivity contribution in [2.45, 2.75) is 13.8 Å². The largest absolute Gasteiger partial charge is 0.315 e. The van der Waals surface area contributed by atoms with Gasteiger partial charge in [-0.1, -0.05) is 0 Å². The van der Waals surface area contributed by atoms with E-state index in [0.29, 0.717) is 0 Å². The van der Waals surface area contributed by atoms with Crippen LogP contribution in [-0.4, -0.2) is 14.3 Å². The number of hydrogen-bond acceptors (Lipinski definition) is 5. The number of anilines is 2. The molecule has 15 heavy (non-hydrogen) atoms. The van der Waals surface area contributed by atoms with Crippen molar-refractivity contribution < 1.29 is 0 Å². The van der Waals surface area contributed by atoms with Gasteiger partial charge in [0.1, 0.15) is 11.6 Å². The van der Waals surface area contributed by atoms with Gasteiger partial charge in [-0.2, -0.15) is 4.37 Å². The third kappa shape index (κ3) is 2.51. The lowest BCUT2D eigenvalue weighted by molar-refractivity contribution is 1.15. The standard InChI is InChI=1S/C9H9BrN4S/c1-5-7(10)3-4-8(11-5)13-9-12-6(2)14-15-9/h3-4H,1-2H3,(H,11,12,13,14). The van der Waals surface area contributed by atoms with E-state index in [1.807, 2.05) is 26.0 Å². The van der Waals surface area contributed by atoms with Crippen molar-refractivity contribution in [3.05, 3.63) is 28.1 Å². The van der Waals surface area contributed by atoms with Crippen LogP contribution in [0.4, 0.5) is 10.9 Å². The molecule has 0 radical (unpaired) electrons. The van der Waals surface area contributed by atoms with Crippen LogP contribution in [0.3, 0.4) is 0 Å². The molecule has 0 aliphatic heterocycles. The maximum atomic E-state index is 4.36. The summed E-state index contributed by atoms with van der Waals surface area (Å²) >= 11 is 4.73. The lowest BCUT2D eigenvalue weighted by Gasteiger charge is -2.03. The molecule has 0 fully saturated rings. The van der Waals surface area contributed by atoms with Gasteiger partial charge in [0.2, 0.25) is 5.13 Å². The van der Waals surface area contributed by atoms with Gasteiger partial charge in [-0.25, -0.2) is 9.97 Å². The first-order chi connectivity index (χ1) is 7.15. The molecule has 0 aliphatic rings. The number of rotatable bonds is 2. The first kappa shape index (κ1) is 10.5. The monoisotopic (exact) mass is 284 g/mol. The zero-order valence-electron chi connectivity index (χ0n) is 8.28. The van der Waals surface area contributed by atoms with Crippen LogP contribution in [0, 0.1) is 13.8 Å². The van der Waals surface area contributed by atoms with E-state index >= 15 is 0 Å². The maximum Gasteiger partial charge on any atom is 0.208 e. The van der Waals surface area contributed by atoms with Crippen LogP contribution in [0.25, 0.3) is 0 Å². The molecule has 0 spiro atoms. The number of pyridine rings is 1. The fraction of sp³-hybridized carbons (Fsp3) is 0.222. The van der Waals surface area contributed by atoms with Crippen molar-refractivity contribution in [3.63, 3.8) is 0 Å². The van der Waals surface area contributed by atoms with Gasteiger partial charge < -0.3 is 5.32 Å². The predicted molar refractivity (Wildman–Crippen MR) is 64.6 cm³/mol. The molecule has 6 heteroatoms. The minimum absolute atomic E-state index is 0.765. The second-order valence-electron chi connectivity index (χ2n) is 3.04. The lowest BCUT2D eigenvalue weighted by Crippen LogP contribution is -1.94. The summed E-state index contributed by atoms with van der Waals surface area (Å²) in [6.45, 7) is 3.81. The zero-order valence-corrected chi connectivity index (χ0v) is 10.7. The number of aryl methyl sites for hydroxylation is 2. The minimum atomic E-state index is 0.765. The highest BCUT2D eigenvalue weighted by Gasteiger charge is 2.02. The van der Waals surface area contributed by atoms with Crippen LogP contribution in [-0.2, 0) is 0 Å². The Morgan fingerprint density at radius 3 is 2.67 bits per heavy atom. The van der Waals surface area contributed by atoms with Gasteiger partial charge in [0, 0.05) is 16.0 Å². The highest BCUT2D eigenvalue weighted by molar-refractivity contribution is 9.10. The third-order valence-electron chi connectivity index (χ3n) is 1.78. The van der Waals surface area contributed by atoms with Crippen molar-refractivity contribution in [1.29, 1.82) is 0 Å². The molecule has 1 N–H and O–H groups in total. The van der Waals surface area contributed by atoms with Crippen molar-refractivity contribution in [3.8, 4) is 0 Å². The van der Waals surface area contributed by atoms with Crippen molar-refractivity contribution in [1.82, 2.24) is 14.3 Å². The molecule has 0 bridgehead atoms. The molecule has 0 unspecified atom stereocenters. The molecule has 2 aromatic heterocycles. The number of nitrogens with one attached hydrogen (secondary N) is 1. The molecule has 4 nitrogen and oxygen atoms in total. The number of nitrogens with zero attached hydrogens (tertiary/aromatic N) is 3. The average Bonchev–Trinajstić information content (AvgIpc) is 2.58. The third-order valence-corrected chi connectivity index (χ3v) is 3.34. The molecule has 2 rings (SSSR count). The van der Waals surface area contributed by atoms with Crippen LogP contribution < -0.4 is 5.32 Å². The van der Waals surface area contributed by atoms with E-state index in [1.165, 1.54) is 11.5 Å². The van der Waals surface area contributed by atoms with Gasteiger partial charge in [0.25, 0.3) is 0 Å². The smallest absolute Gasteiger partial charge is 0.208 e. The average molecular weight is 285 g/mol. The first-order valence-corrected chi connectivity index (χ1v) is 5.92. The minimum Gasteiger partial charge on any atom is -0.315 e. The van der Waals surface area contributed by atoms with Crippen LogP contribution >= 0.6 is 27.5 Å². The lowest BCUT2D eigenvalue weighted by atomic mass is 10.4. The second kappa shape index (κ2) is 4.24. The van der Waals surface area contributed by atoms with Gasteiger partial charge in [-0.3, -0.25) is 0 Å². The summed E-state index contributed by atoms with van der Waals surface area (Å²) in [7, 11) is 0. The Labute approximate surface area is 100 Å². The Bertz CT molecular complexity index is 483. The Hall–Kier alpha value is -1.01. The van der Waals surface area contributed by atoms with Gasteiger partial charge in [0.15, 0.2) is 0 Å². The Kier molecular flexibility index (Phi) is 2.97. The molecule has 0 aromatic carbocycles. The van der Waals surface area contributed by atoms with E-state index in [1.54, 1.807) is 0 Å². The quantitative estimate of drug-likeness (QED) is 0.921. The summed E-state index contributed by atoms with van der Waals surface area (Å²) in [5, 5.41) is 3.87. The van der Waals surface area contributed by atoms with Gasteiger partial charge in [-0.15, -0.1) is 0 Å². The molecule has 2 heterocycles. The SMILES string of the molecule is Cc1nsc(Nc2ccc(Br)c(C)n2)n1. The summed E-state index contributed by atoms with van der Waals surface area (Å²) in [5.41, 5.74) is 0.946. The van der Waals surface area contributed by atoms with E-state index in [9.17, 15) is 0 Å².